The molecule has 1 saturated heterocycles. The van der Waals surface area contributed by atoms with Crippen molar-refractivity contribution < 1.29 is 18.8 Å². The summed E-state index contributed by atoms with van der Waals surface area (Å²) in [7, 11) is 1.63. The molecule has 1 aliphatic carbocycles. The molecule has 0 bridgehead atoms. The lowest BCUT2D eigenvalue weighted by Gasteiger charge is -2.45. The first-order valence-corrected chi connectivity index (χ1v) is 14.4. The van der Waals surface area contributed by atoms with Crippen LogP contribution in [0.2, 0.25) is 5.02 Å². The normalized spacial score (nSPS) is 19.9. The summed E-state index contributed by atoms with van der Waals surface area (Å²) in [5.74, 6) is -0.961. The van der Waals surface area contributed by atoms with Gasteiger partial charge in [0, 0.05) is 44.2 Å². The van der Waals surface area contributed by atoms with E-state index in [2.05, 4.69) is 22.5 Å². The summed E-state index contributed by atoms with van der Waals surface area (Å²) in [6, 6.07) is 12.1. The lowest BCUT2D eigenvalue weighted by Crippen LogP contribution is -2.63. The molecule has 3 unspecified atom stereocenters. The Labute approximate surface area is 240 Å². The second-order valence-corrected chi connectivity index (χ2v) is 11.4. The van der Waals surface area contributed by atoms with Crippen molar-refractivity contribution in [3.05, 3.63) is 70.5 Å². The van der Waals surface area contributed by atoms with Crippen molar-refractivity contribution in [3.8, 4) is 0 Å². The van der Waals surface area contributed by atoms with Crippen LogP contribution in [0.25, 0.3) is 0 Å². The molecule has 0 radical (unpaired) electrons. The summed E-state index contributed by atoms with van der Waals surface area (Å²) in [6.07, 6.45) is 3.53. The predicted molar refractivity (Wildman–Crippen MR) is 153 cm³/mol. The molecule has 3 atom stereocenters. The first-order chi connectivity index (χ1) is 19.1. The van der Waals surface area contributed by atoms with E-state index in [9.17, 15) is 18.8 Å². The van der Waals surface area contributed by atoms with Gasteiger partial charge in [0.05, 0.1) is 11.6 Å². The molecule has 2 aromatic carbocycles. The Morgan fingerprint density at radius 1 is 1.05 bits per heavy atom. The van der Waals surface area contributed by atoms with Gasteiger partial charge < -0.3 is 21.3 Å². The zero-order chi connectivity index (χ0) is 28.9. The molecule has 8 nitrogen and oxygen atoms in total. The topological polar surface area (TPSA) is 108 Å². The first kappa shape index (κ1) is 30.0. The van der Waals surface area contributed by atoms with E-state index in [1.165, 1.54) is 12.1 Å². The second-order valence-electron chi connectivity index (χ2n) is 10.9. The van der Waals surface area contributed by atoms with Gasteiger partial charge in [-0.05, 0) is 61.1 Å². The number of carbonyl (C=O) groups is 3. The molecule has 2 aliphatic rings. The predicted octanol–water partition coefficient (Wildman–Crippen LogP) is 2.67. The number of nitrogens with two attached hydrogens (primary N) is 1. The van der Waals surface area contributed by atoms with Gasteiger partial charge in [0.15, 0.2) is 0 Å². The average molecular weight is 572 g/mol. The zero-order valence-electron chi connectivity index (χ0n) is 23.2. The molecular weight excluding hydrogens is 533 g/mol. The Hall–Kier alpha value is -3.01. The second kappa shape index (κ2) is 13.1. The van der Waals surface area contributed by atoms with Gasteiger partial charge in [0.1, 0.15) is 11.9 Å². The highest BCUT2D eigenvalue weighted by molar-refractivity contribution is 6.30. The molecule has 4 rings (SSSR count). The van der Waals surface area contributed by atoms with E-state index in [0.29, 0.717) is 43.9 Å². The lowest BCUT2D eigenvalue weighted by molar-refractivity contribution is -0.142. The van der Waals surface area contributed by atoms with Crippen molar-refractivity contribution in [2.45, 2.75) is 69.1 Å². The molecule has 10 heteroatoms. The number of halogens is 2. The molecule has 2 fully saturated rings. The maximum Gasteiger partial charge on any atom is 0.245 e. The summed E-state index contributed by atoms with van der Waals surface area (Å²) in [6.45, 7) is 3.52. The van der Waals surface area contributed by atoms with Crippen LogP contribution in [0.4, 0.5) is 4.39 Å². The molecule has 0 aromatic heterocycles. The number of hydrogen-bond donors (Lipinski definition) is 3. The number of rotatable bonds is 11. The van der Waals surface area contributed by atoms with Crippen LogP contribution in [0, 0.1) is 5.82 Å². The number of nitrogens with one attached hydrogen (secondary N) is 2. The van der Waals surface area contributed by atoms with Gasteiger partial charge in [-0.2, -0.15) is 0 Å². The number of likely N-dealkylation sites (N-methyl/N-ethyl adjacent to an activating group) is 1. The number of benzene rings is 2. The third kappa shape index (κ3) is 7.38. The molecular formula is C30H39ClFN5O3. The fourth-order valence-corrected chi connectivity index (χ4v) is 5.48. The SMILES string of the molecule is CCCC1CN(C(Cc2ccc(Cl)cc2)C(=O)NC)CCN1C(=O)C(Cc1ccc(F)cc1)NC(=O)C1(N)CC1. The smallest absolute Gasteiger partial charge is 0.245 e. The largest absolute Gasteiger partial charge is 0.358 e. The standard InChI is InChI=1S/C30H39ClFN5O3/c1-3-4-24-19-36(26(27(38)34-2)18-21-5-9-22(31)10-6-21)15-16-37(24)28(39)25(35-29(40)30(33)13-14-30)17-20-7-11-23(32)12-8-20/h5-12,24-26H,3-4,13-19,33H2,1-2H3,(H,34,38)(H,35,40). The van der Waals surface area contributed by atoms with Gasteiger partial charge in [-0.1, -0.05) is 49.2 Å². The van der Waals surface area contributed by atoms with E-state index in [0.717, 1.165) is 24.0 Å². The minimum absolute atomic E-state index is 0.0795. The van der Waals surface area contributed by atoms with Crippen molar-refractivity contribution in [3.63, 3.8) is 0 Å². The molecule has 1 aliphatic heterocycles. The van der Waals surface area contributed by atoms with Crippen LogP contribution in [0.5, 0.6) is 0 Å². The van der Waals surface area contributed by atoms with Gasteiger partial charge in [-0.15, -0.1) is 0 Å². The van der Waals surface area contributed by atoms with Crippen molar-refractivity contribution in [2.24, 2.45) is 5.73 Å². The van der Waals surface area contributed by atoms with Gasteiger partial charge in [-0.25, -0.2) is 4.39 Å². The van der Waals surface area contributed by atoms with E-state index < -0.39 is 17.6 Å². The van der Waals surface area contributed by atoms with Crippen LogP contribution in [-0.2, 0) is 27.2 Å². The summed E-state index contributed by atoms with van der Waals surface area (Å²) in [4.78, 5) is 43.9. The number of hydrogen-bond acceptors (Lipinski definition) is 5. The van der Waals surface area contributed by atoms with Crippen LogP contribution in [0.3, 0.4) is 0 Å². The van der Waals surface area contributed by atoms with E-state index in [-0.39, 0.29) is 36.0 Å². The van der Waals surface area contributed by atoms with Gasteiger partial charge in [-0.3, -0.25) is 19.3 Å². The lowest BCUT2D eigenvalue weighted by atomic mass is 9.98. The van der Waals surface area contributed by atoms with E-state index in [1.54, 1.807) is 19.2 Å². The molecule has 40 heavy (non-hydrogen) atoms. The third-order valence-corrected chi connectivity index (χ3v) is 8.20. The van der Waals surface area contributed by atoms with Crippen molar-refractivity contribution >= 4 is 29.3 Å². The molecule has 2 aromatic rings. The summed E-state index contributed by atoms with van der Waals surface area (Å²) in [5, 5.41) is 6.33. The van der Waals surface area contributed by atoms with E-state index in [4.69, 9.17) is 17.3 Å². The molecule has 1 saturated carbocycles. The van der Waals surface area contributed by atoms with Crippen LogP contribution >= 0.6 is 11.6 Å². The fraction of sp³-hybridized carbons (Fsp3) is 0.500. The first-order valence-electron chi connectivity index (χ1n) is 14.0. The maximum atomic E-state index is 14.0. The Morgan fingerprint density at radius 2 is 1.68 bits per heavy atom. The molecule has 3 amide bonds. The summed E-state index contributed by atoms with van der Waals surface area (Å²) in [5.41, 5.74) is 6.95. The Kier molecular flexibility index (Phi) is 9.81. The minimum Gasteiger partial charge on any atom is -0.358 e. The third-order valence-electron chi connectivity index (χ3n) is 7.95. The Bertz CT molecular complexity index is 1190. The van der Waals surface area contributed by atoms with Crippen molar-refractivity contribution in [1.29, 1.82) is 0 Å². The fourth-order valence-electron chi connectivity index (χ4n) is 5.35. The summed E-state index contributed by atoms with van der Waals surface area (Å²) < 4.78 is 13.5. The highest BCUT2D eigenvalue weighted by atomic mass is 35.5. The Balaban J connectivity index is 1.53. The Morgan fingerprint density at radius 3 is 2.27 bits per heavy atom. The highest BCUT2D eigenvalue weighted by Crippen LogP contribution is 2.32. The van der Waals surface area contributed by atoms with Crippen LogP contribution in [0.15, 0.2) is 48.5 Å². The van der Waals surface area contributed by atoms with Gasteiger partial charge in [0.2, 0.25) is 17.7 Å². The number of nitrogens with zero attached hydrogens (tertiary/aromatic N) is 2. The van der Waals surface area contributed by atoms with Crippen LogP contribution in [-0.4, -0.2) is 77.9 Å². The summed E-state index contributed by atoms with van der Waals surface area (Å²) >= 11 is 6.05. The monoisotopic (exact) mass is 571 g/mol. The zero-order valence-corrected chi connectivity index (χ0v) is 23.9. The van der Waals surface area contributed by atoms with Crippen LogP contribution < -0.4 is 16.4 Å². The number of piperazine rings is 1. The van der Waals surface area contributed by atoms with Gasteiger partial charge in [0.25, 0.3) is 0 Å². The molecule has 1 heterocycles. The van der Waals surface area contributed by atoms with Gasteiger partial charge >= 0.3 is 0 Å². The van der Waals surface area contributed by atoms with Crippen molar-refractivity contribution in [1.82, 2.24) is 20.4 Å². The average Bonchev–Trinajstić information content (AvgIpc) is 3.71. The minimum atomic E-state index is -0.925. The van der Waals surface area contributed by atoms with E-state index in [1.807, 2.05) is 29.2 Å². The molecule has 0 spiro atoms. The quantitative estimate of drug-likeness (QED) is 0.384. The van der Waals surface area contributed by atoms with E-state index >= 15 is 0 Å². The number of amides is 3. The molecule has 4 N–H and O–H groups in total. The molecule has 216 valence electrons. The van der Waals surface area contributed by atoms with Crippen molar-refractivity contribution in [2.75, 3.05) is 26.7 Å². The highest BCUT2D eigenvalue weighted by Gasteiger charge is 2.47. The van der Waals surface area contributed by atoms with Crippen LogP contribution in [0.1, 0.15) is 43.7 Å². The maximum absolute atomic E-state index is 14.0. The number of carbonyl (C=O) groups excluding carboxylic acids is 3.